The van der Waals surface area contributed by atoms with Crippen LogP contribution in [0.1, 0.15) is 42.3 Å². The van der Waals surface area contributed by atoms with Crippen LogP contribution in [0.4, 0.5) is 0 Å². The Morgan fingerprint density at radius 3 is 3.05 bits per heavy atom. The zero-order valence-electron chi connectivity index (χ0n) is 11.3. The third-order valence-corrected chi connectivity index (χ3v) is 5.31. The van der Waals surface area contributed by atoms with Gasteiger partial charge in [0.15, 0.2) is 0 Å². The SMILES string of the molecule is CCCCN(CC1CCCN1)C(=O)c1sccc1Br. The topological polar surface area (TPSA) is 32.3 Å². The van der Waals surface area contributed by atoms with Crippen LogP contribution < -0.4 is 5.32 Å². The Labute approximate surface area is 127 Å². The number of nitrogens with one attached hydrogen (secondary N) is 1. The van der Waals surface area contributed by atoms with Crippen LogP contribution in [0.5, 0.6) is 0 Å². The van der Waals surface area contributed by atoms with Gasteiger partial charge in [-0.2, -0.15) is 0 Å². The van der Waals surface area contributed by atoms with Crippen LogP contribution in [0.2, 0.25) is 0 Å². The van der Waals surface area contributed by atoms with Gasteiger partial charge in [-0.3, -0.25) is 4.79 Å². The molecule has 0 aromatic carbocycles. The van der Waals surface area contributed by atoms with E-state index >= 15 is 0 Å². The summed E-state index contributed by atoms with van der Waals surface area (Å²) in [4.78, 5) is 15.4. The van der Waals surface area contributed by atoms with Crippen LogP contribution in [0.3, 0.4) is 0 Å². The van der Waals surface area contributed by atoms with Crippen molar-refractivity contribution in [3.63, 3.8) is 0 Å². The summed E-state index contributed by atoms with van der Waals surface area (Å²) in [7, 11) is 0. The average Bonchev–Trinajstić information content (AvgIpc) is 3.05. The molecular weight excluding hydrogens is 324 g/mol. The third-order valence-electron chi connectivity index (χ3n) is 3.48. The van der Waals surface area contributed by atoms with Gasteiger partial charge in [0.1, 0.15) is 4.88 Å². The molecule has 0 bridgehead atoms. The van der Waals surface area contributed by atoms with E-state index in [4.69, 9.17) is 0 Å². The molecule has 5 heteroatoms. The van der Waals surface area contributed by atoms with E-state index in [1.165, 1.54) is 24.2 Å². The summed E-state index contributed by atoms with van der Waals surface area (Å²) in [5.41, 5.74) is 0. The number of nitrogens with zero attached hydrogens (tertiary/aromatic N) is 1. The largest absolute Gasteiger partial charge is 0.336 e. The molecule has 0 saturated carbocycles. The first-order valence-corrected chi connectivity index (χ1v) is 8.65. The second-order valence-corrected chi connectivity index (χ2v) is 6.77. The number of amides is 1. The Morgan fingerprint density at radius 2 is 2.47 bits per heavy atom. The van der Waals surface area contributed by atoms with E-state index in [1.807, 2.05) is 16.3 Å². The second-order valence-electron chi connectivity index (χ2n) is 5.00. The van der Waals surface area contributed by atoms with Gasteiger partial charge in [0, 0.05) is 23.6 Å². The number of hydrogen-bond donors (Lipinski definition) is 1. The Hall–Kier alpha value is -0.390. The zero-order chi connectivity index (χ0) is 13.7. The predicted octanol–water partition coefficient (Wildman–Crippen LogP) is 3.50. The van der Waals surface area contributed by atoms with Gasteiger partial charge in [0.05, 0.1) is 0 Å². The molecule has 1 aromatic rings. The first-order valence-electron chi connectivity index (χ1n) is 6.98. The van der Waals surface area contributed by atoms with Crippen molar-refractivity contribution in [3.05, 3.63) is 20.8 Å². The normalized spacial score (nSPS) is 18.7. The second kappa shape index (κ2) is 7.41. The van der Waals surface area contributed by atoms with E-state index < -0.39 is 0 Å². The fourth-order valence-corrected chi connectivity index (χ4v) is 3.90. The molecule has 2 rings (SSSR count). The van der Waals surface area contributed by atoms with Crippen LogP contribution >= 0.6 is 27.3 Å². The van der Waals surface area contributed by atoms with Crippen molar-refractivity contribution < 1.29 is 4.79 Å². The lowest BCUT2D eigenvalue weighted by Crippen LogP contribution is -2.41. The van der Waals surface area contributed by atoms with Crippen LogP contribution in [-0.4, -0.2) is 36.5 Å². The summed E-state index contributed by atoms with van der Waals surface area (Å²) in [6.45, 7) is 4.95. The van der Waals surface area contributed by atoms with Crippen molar-refractivity contribution in [1.82, 2.24) is 10.2 Å². The van der Waals surface area contributed by atoms with Crippen LogP contribution in [0, 0.1) is 0 Å². The van der Waals surface area contributed by atoms with Crippen LogP contribution in [0.15, 0.2) is 15.9 Å². The van der Waals surface area contributed by atoms with Gasteiger partial charge in [-0.25, -0.2) is 0 Å². The molecule has 1 fully saturated rings. The zero-order valence-corrected chi connectivity index (χ0v) is 13.7. The summed E-state index contributed by atoms with van der Waals surface area (Å²) in [5.74, 6) is 0.170. The molecule has 1 N–H and O–H groups in total. The lowest BCUT2D eigenvalue weighted by molar-refractivity contribution is 0.0743. The highest BCUT2D eigenvalue weighted by Gasteiger charge is 2.23. The van der Waals surface area contributed by atoms with Gasteiger partial charge < -0.3 is 10.2 Å². The van der Waals surface area contributed by atoms with E-state index in [9.17, 15) is 4.79 Å². The Kier molecular flexibility index (Phi) is 5.85. The molecule has 0 aliphatic carbocycles. The van der Waals surface area contributed by atoms with Crippen molar-refractivity contribution in [2.45, 2.75) is 38.6 Å². The van der Waals surface area contributed by atoms with Gasteiger partial charge in [0.2, 0.25) is 0 Å². The summed E-state index contributed by atoms with van der Waals surface area (Å²) in [6.07, 6.45) is 4.60. The molecule has 1 amide bonds. The molecule has 1 unspecified atom stereocenters. The molecule has 3 nitrogen and oxygen atoms in total. The first kappa shape index (κ1) is 15.0. The van der Waals surface area contributed by atoms with E-state index in [0.717, 1.165) is 41.8 Å². The predicted molar refractivity (Wildman–Crippen MR) is 83.9 cm³/mol. The minimum Gasteiger partial charge on any atom is -0.336 e. The molecule has 2 heterocycles. The van der Waals surface area contributed by atoms with E-state index in [2.05, 4.69) is 28.2 Å². The maximum absolute atomic E-state index is 12.6. The van der Waals surface area contributed by atoms with Crippen LogP contribution in [-0.2, 0) is 0 Å². The average molecular weight is 345 g/mol. The van der Waals surface area contributed by atoms with Gasteiger partial charge in [0.25, 0.3) is 5.91 Å². The van der Waals surface area contributed by atoms with Crippen molar-refractivity contribution >= 4 is 33.2 Å². The van der Waals surface area contributed by atoms with Gasteiger partial charge >= 0.3 is 0 Å². The highest BCUT2D eigenvalue weighted by molar-refractivity contribution is 9.10. The van der Waals surface area contributed by atoms with Crippen molar-refractivity contribution in [2.24, 2.45) is 0 Å². The number of carbonyl (C=O) groups is 1. The smallest absolute Gasteiger partial charge is 0.265 e. The summed E-state index contributed by atoms with van der Waals surface area (Å²) < 4.78 is 0.920. The molecule has 0 radical (unpaired) electrons. The number of hydrogen-bond acceptors (Lipinski definition) is 3. The molecule has 1 aliphatic heterocycles. The van der Waals surface area contributed by atoms with Gasteiger partial charge in [-0.15, -0.1) is 11.3 Å². The van der Waals surface area contributed by atoms with Crippen molar-refractivity contribution in [3.8, 4) is 0 Å². The number of rotatable bonds is 6. The van der Waals surface area contributed by atoms with E-state index in [1.54, 1.807) is 0 Å². The molecule has 1 aromatic heterocycles. The lowest BCUT2D eigenvalue weighted by Gasteiger charge is -2.25. The van der Waals surface area contributed by atoms with Crippen LogP contribution in [0.25, 0.3) is 0 Å². The lowest BCUT2D eigenvalue weighted by atomic mass is 10.2. The van der Waals surface area contributed by atoms with Gasteiger partial charge in [-0.1, -0.05) is 13.3 Å². The minimum atomic E-state index is 0.170. The quantitative estimate of drug-likeness (QED) is 0.856. The maximum atomic E-state index is 12.6. The Bertz CT molecular complexity index is 415. The Balaban J connectivity index is 2.03. The number of carbonyl (C=O) groups excluding carboxylic acids is 1. The van der Waals surface area contributed by atoms with Crippen molar-refractivity contribution in [1.29, 1.82) is 0 Å². The molecule has 0 spiro atoms. The summed E-state index contributed by atoms with van der Waals surface area (Å²) in [6, 6.07) is 2.42. The van der Waals surface area contributed by atoms with E-state index in [-0.39, 0.29) is 5.91 Å². The standard InChI is InChI=1S/C14H21BrN2OS/c1-2-3-8-17(10-11-5-4-7-16-11)14(18)13-12(15)6-9-19-13/h6,9,11,16H,2-5,7-8,10H2,1H3. The summed E-state index contributed by atoms with van der Waals surface area (Å²) >= 11 is 4.98. The fraction of sp³-hybridized carbons (Fsp3) is 0.643. The number of halogens is 1. The first-order chi connectivity index (χ1) is 9.22. The molecule has 19 heavy (non-hydrogen) atoms. The monoisotopic (exact) mass is 344 g/mol. The molecule has 106 valence electrons. The third kappa shape index (κ3) is 4.04. The number of thiophene rings is 1. The number of unbranched alkanes of at least 4 members (excludes halogenated alkanes) is 1. The summed E-state index contributed by atoms with van der Waals surface area (Å²) in [5, 5.41) is 5.44. The maximum Gasteiger partial charge on any atom is 0.265 e. The van der Waals surface area contributed by atoms with E-state index in [0.29, 0.717) is 6.04 Å². The van der Waals surface area contributed by atoms with Crippen molar-refractivity contribution in [2.75, 3.05) is 19.6 Å². The molecular formula is C14H21BrN2OS. The fourth-order valence-electron chi connectivity index (χ4n) is 2.39. The highest BCUT2D eigenvalue weighted by Crippen LogP contribution is 2.24. The Morgan fingerprint density at radius 1 is 1.63 bits per heavy atom. The van der Waals surface area contributed by atoms with Gasteiger partial charge in [-0.05, 0) is 53.2 Å². The minimum absolute atomic E-state index is 0.170. The highest BCUT2D eigenvalue weighted by atomic mass is 79.9. The molecule has 1 aliphatic rings. The molecule has 1 atom stereocenters. The molecule has 1 saturated heterocycles.